The lowest BCUT2D eigenvalue weighted by Gasteiger charge is -2.54. The number of hydrogen-bond donors (Lipinski definition) is 1. The third kappa shape index (κ3) is 2.28. The molecule has 1 amide bonds. The van der Waals surface area contributed by atoms with Crippen LogP contribution in [0.4, 0.5) is 0 Å². The van der Waals surface area contributed by atoms with Crippen LogP contribution in [0.25, 0.3) is 5.52 Å². The van der Waals surface area contributed by atoms with Crippen molar-refractivity contribution >= 4 is 11.4 Å². The fraction of sp³-hybridized carbons (Fsp3) is 0.450. The van der Waals surface area contributed by atoms with E-state index >= 15 is 0 Å². The van der Waals surface area contributed by atoms with E-state index in [-0.39, 0.29) is 12.3 Å². The molecule has 7 rings (SSSR count). The maximum Gasteiger partial charge on any atom is 0.253 e. The van der Waals surface area contributed by atoms with Crippen LogP contribution in [0.3, 0.4) is 0 Å². The van der Waals surface area contributed by atoms with E-state index in [1.165, 1.54) is 31.3 Å². The Labute approximate surface area is 146 Å². The summed E-state index contributed by atoms with van der Waals surface area (Å²) < 4.78 is 1.68. The number of allylic oxidation sites excluding steroid dienone is 1. The molecule has 0 radical (unpaired) electrons. The standard InChI is InChI=1S/C20H20N4O/c21-4-3-16-10-18-17(2-1-5-24(18)23-16)20(25)22-11-15-8-12-6-13-9-14(7-12)19(13)15/h1-2,5,10,12-14H,3,6-9,11H2,(H,22,25). The first-order chi connectivity index (χ1) is 12.2. The molecule has 0 saturated heterocycles. The van der Waals surface area contributed by atoms with Crippen molar-refractivity contribution in [1.29, 1.82) is 5.26 Å². The number of pyridine rings is 1. The van der Waals surface area contributed by atoms with Gasteiger partial charge in [-0.2, -0.15) is 10.4 Å². The summed E-state index contributed by atoms with van der Waals surface area (Å²) in [4.78, 5) is 12.7. The van der Waals surface area contributed by atoms with Gasteiger partial charge in [0, 0.05) is 12.7 Å². The number of nitrogens with zero attached hydrogens (tertiary/aromatic N) is 3. The number of carbonyl (C=O) groups excluding carboxylic acids is 1. The minimum absolute atomic E-state index is 0.0581. The fourth-order valence-corrected chi connectivity index (χ4v) is 5.21. The summed E-state index contributed by atoms with van der Waals surface area (Å²) in [7, 11) is 0. The SMILES string of the molecule is N#CCc1cc2c(C(=O)NCC3=C4C5CC(C3)CC4C5)cccn2n1. The predicted octanol–water partition coefficient (Wildman–Crippen LogP) is 2.88. The quantitative estimate of drug-likeness (QED) is 0.875. The summed E-state index contributed by atoms with van der Waals surface area (Å²) in [5.74, 6) is 2.42. The average Bonchev–Trinajstić information content (AvgIpc) is 3.02. The Kier molecular flexibility index (Phi) is 3.21. The Bertz CT molecular complexity index is 934. The summed E-state index contributed by atoms with van der Waals surface area (Å²) in [6.45, 7) is 0.678. The molecule has 5 heteroatoms. The number of hydrogen-bond acceptors (Lipinski definition) is 3. The zero-order valence-corrected chi connectivity index (χ0v) is 14.0. The van der Waals surface area contributed by atoms with Crippen molar-refractivity contribution in [2.45, 2.75) is 32.1 Å². The van der Waals surface area contributed by atoms with Gasteiger partial charge in [0.25, 0.3) is 5.91 Å². The molecule has 3 saturated carbocycles. The number of carbonyl (C=O) groups is 1. The average molecular weight is 332 g/mol. The number of rotatable bonds is 4. The van der Waals surface area contributed by atoms with E-state index in [1.807, 2.05) is 24.4 Å². The van der Waals surface area contributed by atoms with E-state index < -0.39 is 0 Å². The van der Waals surface area contributed by atoms with Crippen LogP contribution < -0.4 is 5.32 Å². The minimum atomic E-state index is -0.0581. The molecule has 126 valence electrons. The van der Waals surface area contributed by atoms with Crippen molar-refractivity contribution in [2.24, 2.45) is 17.8 Å². The fourth-order valence-electron chi connectivity index (χ4n) is 5.21. The second-order valence-corrected chi connectivity index (χ2v) is 7.63. The Morgan fingerprint density at radius 3 is 2.96 bits per heavy atom. The number of fused-ring (bicyclic) bond motifs is 2. The highest BCUT2D eigenvalue weighted by Gasteiger charge is 2.47. The van der Waals surface area contributed by atoms with Gasteiger partial charge in [0.2, 0.25) is 0 Å². The molecule has 2 aromatic heterocycles. The van der Waals surface area contributed by atoms with Gasteiger partial charge >= 0.3 is 0 Å². The lowest BCUT2D eigenvalue weighted by atomic mass is 9.51. The lowest BCUT2D eigenvalue weighted by Crippen LogP contribution is -2.44. The molecule has 2 aromatic rings. The first kappa shape index (κ1) is 14.7. The first-order valence-corrected chi connectivity index (χ1v) is 9.07. The number of amides is 1. The maximum atomic E-state index is 12.7. The Morgan fingerprint density at radius 2 is 2.20 bits per heavy atom. The van der Waals surface area contributed by atoms with Gasteiger partial charge in [-0.25, -0.2) is 4.52 Å². The molecule has 2 heterocycles. The number of aromatic nitrogens is 2. The zero-order chi connectivity index (χ0) is 17.0. The molecule has 25 heavy (non-hydrogen) atoms. The molecule has 3 fully saturated rings. The monoisotopic (exact) mass is 332 g/mol. The van der Waals surface area contributed by atoms with Crippen molar-refractivity contribution in [3.8, 4) is 6.07 Å². The largest absolute Gasteiger partial charge is 0.348 e. The second kappa shape index (κ2) is 5.45. The molecular weight excluding hydrogens is 312 g/mol. The zero-order valence-electron chi connectivity index (χ0n) is 14.0. The molecule has 1 N–H and O–H groups in total. The van der Waals surface area contributed by atoms with Gasteiger partial charge in [-0.15, -0.1) is 0 Å². The normalized spacial score (nSPS) is 26.4. The molecule has 5 nitrogen and oxygen atoms in total. The van der Waals surface area contributed by atoms with Gasteiger partial charge in [0.1, 0.15) is 0 Å². The van der Waals surface area contributed by atoms with Crippen molar-refractivity contribution in [3.05, 3.63) is 46.8 Å². The predicted molar refractivity (Wildman–Crippen MR) is 92.8 cm³/mol. The smallest absolute Gasteiger partial charge is 0.253 e. The van der Waals surface area contributed by atoms with Gasteiger partial charge in [-0.1, -0.05) is 11.1 Å². The van der Waals surface area contributed by atoms with Gasteiger partial charge in [-0.3, -0.25) is 4.79 Å². The highest BCUT2D eigenvalue weighted by Crippen LogP contribution is 2.59. The summed E-state index contributed by atoms with van der Waals surface area (Å²) in [6.07, 6.45) is 7.36. The number of nitriles is 1. The second-order valence-electron chi connectivity index (χ2n) is 7.63. The molecule has 4 bridgehead atoms. The van der Waals surface area contributed by atoms with E-state index in [0.717, 1.165) is 23.3 Å². The molecular formula is C20H20N4O. The third-order valence-corrected chi connectivity index (χ3v) is 6.15. The van der Waals surface area contributed by atoms with Gasteiger partial charge < -0.3 is 5.32 Å². The van der Waals surface area contributed by atoms with Crippen LogP contribution in [0.1, 0.15) is 41.7 Å². The summed E-state index contributed by atoms with van der Waals surface area (Å²) >= 11 is 0. The lowest BCUT2D eigenvalue weighted by molar-refractivity contribution is 0.0947. The summed E-state index contributed by atoms with van der Waals surface area (Å²) in [6, 6.07) is 7.58. The van der Waals surface area contributed by atoms with Crippen LogP contribution in [0.2, 0.25) is 0 Å². The molecule has 2 unspecified atom stereocenters. The van der Waals surface area contributed by atoms with Crippen LogP contribution in [-0.2, 0) is 6.42 Å². The van der Waals surface area contributed by atoms with Gasteiger partial charge in [0.15, 0.2) is 0 Å². The van der Waals surface area contributed by atoms with Crippen molar-refractivity contribution in [3.63, 3.8) is 0 Å². The van der Waals surface area contributed by atoms with E-state index in [1.54, 1.807) is 10.1 Å². The highest BCUT2D eigenvalue weighted by molar-refractivity contribution is 6.00. The summed E-state index contributed by atoms with van der Waals surface area (Å²) in [5, 5.41) is 16.3. The highest BCUT2D eigenvalue weighted by atomic mass is 16.1. The van der Waals surface area contributed by atoms with E-state index in [2.05, 4.69) is 16.5 Å². The molecule has 0 aromatic carbocycles. The third-order valence-electron chi connectivity index (χ3n) is 6.15. The topological polar surface area (TPSA) is 70.2 Å². The Hall–Kier alpha value is -2.61. The van der Waals surface area contributed by atoms with Crippen LogP contribution in [-0.4, -0.2) is 22.1 Å². The molecule has 2 atom stereocenters. The van der Waals surface area contributed by atoms with Gasteiger partial charge in [0.05, 0.1) is 29.3 Å². The Morgan fingerprint density at radius 1 is 1.36 bits per heavy atom. The van der Waals surface area contributed by atoms with Crippen LogP contribution in [0.15, 0.2) is 35.5 Å². The minimum Gasteiger partial charge on any atom is -0.348 e. The van der Waals surface area contributed by atoms with E-state index in [0.29, 0.717) is 17.8 Å². The molecule has 0 aliphatic heterocycles. The molecule has 5 aliphatic rings. The maximum absolute atomic E-state index is 12.7. The van der Waals surface area contributed by atoms with Crippen LogP contribution in [0, 0.1) is 29.1 Å². The van der Waals surface area contributed by atoms with E-state index in [4.69, 9.17) is 5.26 Å². The van der Waals surface area contributed by atoms with Crippen molar-refractivity contribution in [2.75, 3.05) is 6.54 Å². The Balaban J connectivity index is 1.37. The van der Waals surface area contributed by atoms with Crippen molar-refractivity contribution in [1.82, 2.24) is 14.9 Å². The van der Waals surface area contributed by atoms with E-state index in [9.17, 15) is 4.79 Å². The first-order valence-electron chi connectivity index (χ1n) is 9.07. The summed E-state index contributed by atoms with van der Waals surface area (Å²) in [5.41, 5.74) is 5.23. The number of nitrogens with one attached hydrogen (secondary N) is 1. The van der Waals surface area contributed by atoms with Crippen molar-refractivity contribution < 1.29 is 4.79 Å². The van der Waals surface area contributed by atoms with Crippen LogP contribution in [0.5, 0.6) is 0 Å². The van der Waals surface area contributed by atoms with Crippen LogP contribution >= 0.6 is 0 Å². The molecule has 0 spiro atoms. The van der Waals surface area contributed by atoms with Gasteiger partial charge in [-0.05, 0) is 61.6 Å². The molecule has 5 aliphatic carbocycles.